The fourth-order valence-electron chi connectivity index (χ4n) is 20.9. The average molecular weight is 1960 g/mol. The second-order valence-corrected chi connectivity index (χ2v) is 41.6. The summed E-state index contributed by atoms with van der Waals surface area (Å²) in [6, 6.07) is 11.7. The van der Waals surface area contributed by atoms with Gasteiger partial charge in [0.2, 0.25) is 57.5 Å². The molecule has 5 aliphatic carbocycles. The van der Waals surface area contributed by atoms with E-state index < -0.39 is 255 Å². The highest BCUT2D eigenvalue weighted by molar-refractivity contribution is 7.89. The Morgan fingerprint density at radius 1 is 0.686 bits per heavy atom. The lowest BCUT2D eigenvalue weighted by Crippen LogP contribution is -2.64. The van der Waals surface area contributed by atoms with E-state index >= 15 is 28.8 Å². The van der Waals surface area contributed by atoms with Crippen LogP contribution < -0.4 is 61.3 Å². The Morgan fingerprint density at radius 3 is 1.96 bits per heavy atom. The number of aromatic hydroxyl groups is 3. The van der Waals surface area contributed by atoms with Gasteiger partial charge in [-0.3, -0.25) is 48.5 Å². The number of imide groups is 1. The number of fused-ring (bicyclic) bond motifs is 15. The van der Waals surface area contributed by atoms with Crippen LogP contribution in [0.2, 0.25) is 10.0 Å². The lowest BCUT2D eigenvalue weighted by Gasteiger charge is -2.54. The highest BCUT2D eigenvalue weighted by Crippen LogP contribution is 2.59. The van der Waals surface area contributed by atoms with Crippen LogP contribution in [0.15, 0.2) is 102 Å². The number of phenols is 3. The van der Waals surface area contributed by atoms with Crippen molar-refractivity contribution >= 4 is 86.0 Å². The van der Waals surface area contributed by atoms with Gasteiger partial charge < -0.3 is 111 Å². The summed E-state index contributed by atoms with van der Waals surface area (Å²) in [6.45, 7) is 9.23. The topological polar surface area (TPSA) is 545 Å². The van der Waals surface area contributed by atoms with E-state index in [1.165, 1.54) is 80.6 Å². The number of ether oxygens (including phenoxy) is 7. The monoisotopic (exact) mass is 1960 g/mol. The van der Waals surface area contributed by atoms with Crippen molar-refractivity contribution in [1.29, 1.82) is 0 Å². The number of sulfonamides is 1. The zero-order valence-electron chi connectivity index (χ0n) is 77.0. The predicted molar refractivity (Wildman–Crippen MR) is 495 cm³/mol. The van der Waals surface area contributed by atoms with E-state index in [4.69, 9.17) is 62.1 Å². The van der Waals surface area contributed by atoms with Crippen molar-refractivity contribution in [3.8, 4) is 62.9 Å². The first-order valence-electron chi connectivity index (χ1n) is 47.3. The molecule has 18 N–H and O–H groups in total. The van der Waals surface area contributed by atoms with Gasteiger partial charge in [0.25, 0.3) is 0 Å². The molecular formula is C99H122Cl2N8O27S. The molecule has 2 saturated heterocycles. The Hall–Kier alpha value is -10.0. The molecule has 18 atom stereocenters. The van der Waals surface area contributed by atoms with Gasteiger partial charge in [0.15, 0.2) is 41.2 Å². The number of nitrogens with two attached hydrogens (primary N) is 1. The van der Waals surface area contributed by atoms with Gasteiger partial charge in [-0.2, -0.15) is 0 Å². The maximum Gasteiger partial charge on any atom is 0.246 e. The van der Waals surface area contributed by atoms with Gasteiger partial charge in [-0.15, -0.1) is 0 Å². The first-order chi connectivity index (χ1) is 65.2. The van der Waals surface area contributed by atoms with E-state index in [2.05, 4.69) is 43.5 Å². The Bertz CT molecular complexity index is 5620. The number of hydrogen-bond donors (Lipinski definition) is 17. The van der Waals surface area contributed by atoms with E-state index in [0.717, 1.165) is 81.7 Å². The maximum atomic E-state index is 17.0. The lowest BCUT2D eigenvalue weighted by atomic mass is 9.51. The first-order valence-corrected chi connectivity index (χ1v) is 49.5. The summed E-state index contributed by atoms with van der Waals surface area (Å²) >= 11 is 14.7. The van der Waals surface area contributed by atoms with Crippen molar-refractivity contribution in [2.24, 2.45) is 59.0 Å². The highest BCUT2D eigenvalue weighted by atomic mass is 35.5. The molecule has 35 nitrogen and oxygen atoms in total. The van der Waals surface area contributed by atoms with Gasteiger partial charge in [-0.05, 0) is 226 Å². The number of amides is 6. The molecule has 0 radical (unpaired) electrons. The summed E-state index contributed by atoms with van der Waals surface area (Å²) in [5, 5.41) is 126. The first kappa shape index (κ1) is 101. The van der Waals surface area contributed by atoms with Crippen molar-refractivity contribution in [2.45, 2.75) is 266 Å². The molecule has 7 heterocycles. The molecule has 18 rings (SSSR count). The Labute approximate surface area is 803 Å². The van der Waals surface area contributed by atoms with E-state index in [1.807, 2.05) is 13.8 Å². The van der Waals surface area contributed by atoms with E-state index in [-0.39, 0.29) is 123 Å². The molecule has 38 heteroatoms. The molecule has 5 saturated carbocycles. The summed E-state index contributed by atoms with van der Waals surface area (Å²) in [4.78, 5) is 140. The molecule has 6 aromatic rings. The summed E-state index contributed by atoms with van der Waals surface area (Å²) in [5.41, 5.74) is 2.91. The fraction of sp³-hybridized carbons (Fsp3) is 0.545. The number of halogens is 2. The van der Waals surface area contributed by atoms with Gasteiger partial charge in [-0.25, -0.2) is 13.1 Å². The Kier molecular flexibility index (Phi) is 31.8. The van der Waals surface area contributed by atoms with Crippen molar-refractivity contribution in [3.63, 3.8) is 0 Å². The maximum absolute atomic E-state index is 17.0. The molecule has 6 aromatic carbocycles. The molecule has 0 spiro atoms. The van der Waals surface area contributed by atoms with Gasteiger partial charge in [0.05, 0.1) is 57.8 Å². The van der Waals surface area contributed by atoms with Crippen LogP contribution in [0.5, 0.6) is 51.7 Å². The summed E-state index contributed by atoms with van der Waals surface area (Å²) in [7, 11) is -4.13. The third-order valence-electron chi connectivity index (χ3n) is 28.3. The minimum Gasteiger partial charge on any atom is -0.507 e. The number of hydrogen-bond acceptors (Lipinski definition) is 29. The van der Waals surface area contributed by atoms with E-state index in [9.17, 15) is 68.8 Å². The van der Waals surface area contributed by atoms with Crippen LogP contribution in [0.25, 0.3) is 11.1 Å². The Morgan fingerprint density at radius 2 is 1.34 bits per heavy atom. The predicted octanol–water partition coefficient (Wildman–Crippen LogP) is 9.06. The molecule has 12 aliphatic rings. The normalized spacial score (nSPS) is 29.5. The van der Waals surface area contributed by atoms with Gasteiger partial charge in [0, 0.05) is 80.7 Å². The number of Topliss-reactive ketones (excluding diaryl/α,β-unsaturated/α-hetero) is 3. The highest BCUT2D eigenvalue weighted by Gasteiger charge is 2.54. The van der Waals surface area contributed by atoms with Crippen LogP contribution in [0, 0.1) is 53.3 Å². The number of aliphatic hydroxyl groups is 6. The lowest BCUT2D eigenvalue weighted by molar-refractivity contribution is -0.333. The number of unbranched alkanes of at least 4 members (excludes halogenated alkanes) is 2. The van der Waals surface area contributed by atoms with Crippen LogP contribution in [0.1, 0.15) is 221 Å². The second kappa shape index (κ2) is 43.0. The quantitative estimate of drug-likeness (QED) is 0.0195. The number of rotatable bonds is 29. The summed E-state index contributed by atoms with van der Waals surface area (Å²) < 4.78 is 75.1. The minimum atomic E-state index is -4.13. The largest absolute Gasteiger partial charge is 0.507 e. The molecule has 137 heavy (non-hydrogen) atoms. The molecule has 740 valence electrons. The third-order valence-corrected chi connectivity index (χ3v) is 30.4. The molecule has 0 aromatic heterocycles. The Balaban J connectivity index is 0.899. The zero-order chi connectivity index (χ0) is 98.1. The average Bonchev–Trinajstić information content (AvgIpc) is 1.36. The second-order valence-electron chi connectivity index (χ2n) is 39.0. The molecular weight excluding hydrogens is 1840 g/mol. The smallest absolute Gasteiger partial charge is 0.246 e. The van der Waals surface area contributed by atoms with Crippen LogP contribution in [0.3, 0.4) is 0 Å². The van der Waals surface area contributed by atoms with E-state index in [1.54, 1.807) is 6.92 Å². The van der Waals surface area contributed by atoms with E-state index in [0.29, 0.717) is 43.5 Å². The van der Waals surface area contributed by atoms with Crippen LogP contribution >= 0.6 is 23.2 Å². The number of carbonyl (C=O) groups excluding carboxylic acids is 9. The number of ketones is 3. The SMILES string of the molecule is CCCCCOc1ccc(S(=O)(=O)NCCNCc2c(O)cc3c(c2O)-c2cc(ccc2O)[C@H]2CC(=O)[C@@H]4NC(=O)[C@H](CC(=O)NC(=O)CC5CC5)CC(=O)[C@H](NC(=O)[C@H](CC)CC(C)C)[C@H](O)c5ccc(c(Cl)c5)Oc5cc4cc(c5O[C@@H]4O[C@H](CO)[C@@H](O)[C@H](O)[C@H]4O[C@H]4C[C@](C)(N)[C@H](O)[C@H](C)O4)Oc4ccc(cc4Cl)[C@@H](O)[C@H](NC2=O)C(=O)N[C@@H]3C(=O)CC2C3CC4CC(C3)CC2C4)cc1. The third kappa shape index (κ3) is 23.0. The van der Waals surface area contributed by atoms with Crippen molar-refractivity contribution in [3.05, 3.63) is 140 Å². The van der Waals surface area contributed by atoms with Gasteiger partial charge >= 0.3 is 0 Å². The van der Waals surface area contributed by atoms with Gasteiger partial charge in [-0.1, -0.05) is 81.9 Å². The molecule has 7 fully saturated rings. The zero-order valence-corrected chi connectivity index (χ0v) is 79.3. The van der Waals surface area contributed by atoms with Crippen LogP contribution in [-0.2, 0) is 73.9 Å². The van der Waals surface area contributed by atoms with Crippen LogP contribution in [0.4, 0.5) is 0 Å². The number of carbonyl (C=O) groups is 9. The fourth-order valence-corrected chi connectivity index (χ4v) is 22.4. The molecule has 0 unspecified atom stereocenters. The summed E-state index contributed by atoms with van der Waals surface area (Å²) in [5.74, 6) is -17.2. The van der Waals surface area contributed by atoms with Crippen molar-refractivity contribution < 1.29 is 131 Å². The molecule has 7 aliphatic heterocycles. The van der Waals surface area contributed by atoms with Gasteiger partial charge in [0.1, 0.15) is 89.2 Å². The van der Waals surface area contributed by atoms with Crippen molar-refractivity contribution in [2.75, 3.05) is 26.3 Å². The minimum absolute atomic E-state index is 0.0546. The number of benzene rings is 6. The standard InChI is InChI=1S/C99H122Cl2N8O27S/c1-7-9-10-25-130-59-16-18-60(19-17-59)137(128,129)104-24-23-103-44-65-69(112)42-64-81(88(65)120)63-33-52(13-20-68(63)111)62-41-71(114)82-57-37-75(132-73-21-14-53(34-66(73)100)86(118)84(108-94(124)51(8-2)26-46(3)4)70(113)36-58(95(125)106-82)39-79(117)105-78(116)32-48-11-12-48)91(136-98-92(90(122)89(121)77(45-110)134-98)135-80-43-99(6,102)93(123)47(5)131-80)76(38-57)133-74-22-15-54(35-67(74)101)87(119)85(109-96(62)126)97(127)107-83(64)72(115)40-61-55-28-49-27-50(30-55)31-56(61)29-49/h13-22,33-35,37-38,42,46-51,55-56,58,61-62,77,80,82-87,89-90,92-93,98,103-104,110-112,118-123H,7-12,23-32,36,39-41,43-45,102H2,1-6H3,(H,106,125)(H,107,127)(H,108,124)(H,109,126)(H,105,116,117)/t47-,49?,50?,51+,55?,56?,58-,61?,62+,77+,80-,82+,83-,84-,85-,86+,87+,89+,90-,92+,93+,98-,99-/m0/s1. The van der Waals surface area contributed by atoms with Crippen molar-refractivity contribution in [1.82, 2.24) is 36.6 Å². The van der Waals surface area contributed by atoms with Crippen LogP contribution in [-0.4, -0.2) is 200 Å². The number of nitrogens with one attached hydrogen (secondary N) is 7. The number of phenolic OH excluding ortho intramolecular Hbond substituents is 3. The molecule has 6 amide bonds. The number of aliphatic hydroxyl groups excluding tert-OH is 6. The summed E-state index contributed by atoms with van der Waals surface area (Å²) in [6.07, 6.45) is -12.0. The molecule has 15 bridgehead atoms.